The summed E-state index contributed by atoms with van der Waals surface area (Å²) < 4.78 is 0. The van der Waals surface area contributed by atoms with Crippen LogP contribution in [0, 0.1) is 11.8 Å². The lowest BCUT2D eigenvalue weighted by Crippen LogP contribution is -2.29. The van der Waals surface area contributed by atoms with Crippen molar-refractivity contribution in [3.8, 4) is 0 Å². The molecule has 3 heteroatoms. The number of fused-ring (bicyclic) bond motifs is 1. The summed E-state index contributed by atoms with van der Waals surface area (Å²) in [5, 5.41) is 1.26. The van der Waals surface area contributed by atoms with Crippen molar-refractivity contribution in [1.82, 2.24) is 0 Å². The van der Waals surface area contributed by atoms with Crippen molar-refractivity contribution in [2.24, 2.45) is 17.6 Å². The van der Waals surface area contributed by atoms with E-state index < -0.39 is 0 Å². The third-order valence-electron chi connectivity index (χ3n) is 4.53. The van der Waals surface area contributed by atoms with E-state index in [4.69, 9.17) is 28.9 Å². The van der Waals surface area contributed by atoms with Gasteiger partial charge in [-0.25, -0.2) is 0 Å². The normalized spacial score (nSPS) is 35.5. The van der Waals surface area contributed by atoms with Gasteiger partial charge in [-0.3, -0.25) is 0 Å². The fraction of sp³-hybridized carbons (Fsp3) is 0.571. The van der Waals surface area contributed by atoms with E-state index in [0.717, 1.165) is 18.3 Å². The van der Waals surface area contributed by atoms with E-state index >= 15 is 0 Å². The van der Waals surface area contributed by atoms with E-state index in [-0.39, 0.29) is 5.54 Å². The summed E-state index contributed by atoms with van der Waals surface area (Å²) in [7, 11) is 0. The molecule has 92 valence electrons. The molecule has 17 heavy (non-hydrogen) atoms. The zero-order valence-electron chi connectivity index (χ0n) is 9.76. The van der Waals surface area contributed by atoms with Gasteiger partial charge in [-0.2, -0.15) is 0 Å². The maximum atomic E-state index is 6.54. The molecule has 1 aromatic carbocycles. The minimum Gasteiger partial charge on any atom is -0.324 e. The number of rotatable bonds is 2. The lowest BCUT2D eigenvalue weighted by Gasteiger charge is -2.12. The standard InChI is InChI=1S/C14H17Cl2N/c15-12-6-5-9(7-13(12)16)8-14(17)10-3-1-2-4-11(10)14/h5-7,10-11H,1-4,8,17H2. The van der Waals surface area contributed by atoms with Gasteiger partial charge in [-0.05, 0) is 48.8 Å². The van der Waals surface area contributed by atoms with Crippen LogP contribution in [0.3, 0.4) is 0 Å². The fourth-order valence-electron chi connectivity index (χ4n) is 3.56. The zero-order valence-corrected chi connectivity index (χ0v) is 11.3. The molecule has 2 aliphatic rings. The van der Waals surface area contributed by atoms with Gasteiger partial charge in [0.2, 0.25) is 0 Å². The summed E-state index contributed by atoms with van der Waals surface area (Å²) in [6, 6.07) is 5.88. The number of hydrogen-bond acceptors (Lipinski definition) is 1. The second-order valence-electron chi connectivity index (χ2n) is 5.54. The van der Waals surface area contributed by atoms with Crippen LogP contribution in [0.2, 0.25) is 10.0 Å². The molecule has 2 fully saturated rings. The molecule has 2 saturated carbocycles. The summed E-state index contributed by atoms with van der Waals surface area (Å²) in [5.74, 6) is 1.48. The molecule has 2 aliphatic carbocycles. The first kappa shape index (κ1) is 11.8. The molecule has 0 spiro atoms. The largest absolute Gasteiger partial charge is 0.324 e. The van der Waals surface area contributed by atoms with Gasteiger partial charge in [0.15, 0.2) is 0 Å². The van der Waals surface area contributed by atoms with E-state index in [1.165, 1.54) is 31.2 Å². The Balaban J connectivity index is 1.77. The first-order valence-electron chi connectivity index (χ1n) is 6.34. The van der Waals surface area contributed by atoms with Crippen LogP contribution in [-0.2, 0) is 6.42 Å². The van der Waals surface area contributed by atoms with Crippen LogP contribution in [0.1, 0.15) is 31.2 Å². The van der Waals surface area contributed by atoms with E-state index in [9.17, 15) is 0 Å². The number of halogens is 2. The monoisotopic (exact) mass is 269 g/mol. The molecule has 0 heterocycles. The molecule has 1 aromatic rings. The van der Waals surface area contributed by atoms with E-state index in [0.29, 0.717) is 10.0 Å². The van der Waals surface area contributed by atoms with E-state index in [1.54, 1.807) is 0 Å². The topological polar surface area (TPSA) is 26.0 Å². The summed E-state index contributed by atoms with van der Waals surface area (Å²) in [4.78, 5) is 0. The molecule has 2 N–H and O–H groups in total. The van der Waals surface area contributed by atoms with Gasteiger partial charge in [0.25, 0.3) is 0 Å². The number of hydrogen-bond donors (Lipinski definition) is 1. The van der Waals surface area contributed by atoms with Crippen LogP contribution in [0.15, 0.2) is 18.2 Å². The highest BCUT2D eigenvalue weighted by Crippen LogP contribution is 2.58. The Morgan fingerprint density at radius 1 is 1.12 bits per heavy atom. The van der Waals surface area contributed by atoms with Crippen LogP contribution in [0.4, 0.5) is 0 Å². The molecule has 0 saturated heterocycles. The van der Waals surface area contributed by atoms with Crippen molar-refractivity contribution in [3.63, 3.8) is 0 Å². The van der Waals surface area contributed by atoms with Crippen LogP contribution in [0.5, 0.6) is 0 Å². The highest BCUT2D eigenvalue weighted by molar-refractivity contribution is 6.42. The summed E-state index contributed by atoms with van der Waals surface area (Å²) in [5.41, 5.74) is 7.79. The Morgan fingerprint density at radius 2 is 1.76 bits per heavy atom. The number of benzene rings is 1. The maximum Gasteiger partial charge on any atom is 0.0595 e. The summed E-state index contributed by atoms with van der Waals surface area (Å²) in [6.07, 6.45) is 6.26. The predicted molar refractivity (Wildman–Crippen MR) is 72.5 cm³/mol. The van der Waals surface area contributed by atoms with Crippen molar-refractivity contribution in [2.75, 3.05) is 0 Å². The van der Waals surface area contributed by atoms with Crippen molar-refractivity contribution >= 4 is 23.2 Å². The van der Waals surface area contributed by atoms with Gasteiger partial charge in [0.1, 0.15) is 0 Å². The SMILES string of the molecule is NC1(Cc2ccc(Cl)c(Cl)c2)C2CCCCC21. The Labute approximate surface area is 112 Å². The van der Waals surface area contributed by atoms with Gasteiger partial charge in [0, 0.05) is 5.54 Å². The minimum atomic E-state index is 0.0354. The van der Waals surface area contributed by atoms with Crippen molar-refractivity contribution in [1.29, 1.82) is 0 Å². The molecular formula is C14H17Cl2N. The molecule has 0 radical (unpaired) electrons. The molecule has 0 aromatic heterocycles. The van der Waals surface area contributed by atoms with Crippen molar-refractivity contribution in [3.05, 3.63) is 33.8 Å². The quantitative estimate of drug-likeness (QED) is 0.861. The summed E-state index contributed by atoms with van der Waals surface area (Å²) in [6.45, 7) is 0. The molecule has 0 amide bonds. The van der Waals surface area contributed by atoms with Gasteiger partial charge in [0.05, 0.1) is 10.0 Å². The Bertz CT molecular complexity index is 432. The Kier molecular flexibility index (Phi) is 2.89. The van der Waals surface area contributed by atoms with Crippen molar-refractivity contribution in [2.45, 2.75) is 37.6 Å². The number of nitrogens with two attached hydrogens (primary N) is 1. The van der Waals surface area contributed by atoms with Crippen LogP contribution in [-0.4, -0.2) is 5.54 Å². The first-order chi connectivity index (χ1) is 8.11. The third-order valence-corrected chi connectivity index (χ3v) is 5.27. The predicted octanol–water partition coefficient (Wildman–Crippen LogP) is 4.05. The fourth-order valence-corrected chi connectivity index (χ4v) is 3.88. The van der Waals surface area contributed by atoms with Crippen molar-refractivity contribution < 1.29 is 0 Å². The molecule has 0 bridgehead atoms. The van der Waals surface area contributed by atoms with Gasteiger partial charge in [-0.15, -0.1) is 0 Å². The lowest BCUT2D eigenvalue weighted by atomic mass is 10.0. The summed E-state index contributed by atoms with van der Waals surface area (Å²) >= 11 is 12.0. The molecule has 1 nitrogen and oxygen atoms in total. The van der Waals surface area contributed by atoms with Crippen LogP contribution < -0.4 is 5.73 Å². The molecule has 2 atom stereocenters. The van der Waals surface area contributed by atoms with Gasteiger partial charge < -0.3 is 5.73 Å². The highest BCUT2D eigenvalue weighted by atomic mass is 35.5. The average molecular weight is 270 g/mol. The maximum absolute atomic E-state index is 6.54. The molecule has 2 unspecified atom stereocenters. The third kappa shape index (κ3) is 1.99. The zero-order chi connectivity index (χ0) is 12.0. The van der Waals surface area contributed by atoms with Crippen LogP contribution >= 0.6 is 23.2 Å². The smallest absolute Gasteiger partial charge is 0.0595 e. The minimum absolute atomic E-state index is 0.0354. The van der Waals surface area contributed by atoms with Gasteiger partial charge in [-0.1, -0.05) is 42.1 Å². The first-order valence-corrected chi connectivity index (χ1v) is 7.09. The lowest BCUT2D eigenvalue weighted by molar-refractivity contribution is 0.480. The molecular weight excluding hydrogens is 253 g/mol. The van der Waals surface area contributed by atoms with Crippen LogP contribution in [0.25, 0.3) is 0 Å². The van der Waals surface area contributed by atoms with Gasteiger partial charge >= 0.3 is 0 Å². The Hall–Kier alpha value is -0.240. The van der Waals surface area contributed by atoms with E-state index in [1.807, 2.05) is 18.2 Å². The highest BCUT2D eigenvalue weighted by Gasteiger charge is 2.61. The Morgan fingerprint density at radius 3 is 2.35 bits per heavy atom. The second kappa shape index (κ2) is 4.15. The average Bonchev–Trinajstić information content (AvgIpc) is 2.91. The molecule has 3 rings (SSSR count). The van der Waals surface area contributed by atoms with E-state index in [2.05, 4.69) is 0 Å². The second-order valence-corrected chi connectivity index (χ2v) is 6.35. The molecule has 0 aliphatic heterocycles.